The Kier molecular flexibility index (Phi) is 4.42. The molecule has 1 aliphatic rings. The predicted octanol–water partition coefficient (Wildman–Crippen LogP) is 2.73. The van der Waals surface area contributed by atoms with Crippen molar-refractivity contribution < 1.29 is 18.9 Å². The second kappa shape index (κ2) is 6.68. The molecule has 8 heteroatoms. The highest BCUT2D eigenvalue weighted by Crippen LogP contribution is 2.27. The molecule has 7 nitrogen and oxygen atoms in total. The van der Waals surface area contributed by atoms with Gasteiger partial charge in [0.2, 0.25) is 11.8 Å². The maximum absolute atomic E-state index is 13.8. The molecule has 0 radical (unpaired) electrons. The van der Waals surface area contributed by atoms with E-state index >= 15 is 0 Å². The number of rotatable bonds is 4. The average molecular weight is 343 g/mol. The maximum atomic E-state index is 13.8. The molecule has 1 aliphatic heterocycles. The van der Waals surface area contributed by atoms with Crippen LogP contribution in [0.25, 0.3) is 0 Å². The van der Waals surface area contributed by atoms with Gasteiger partial charge < -0.3 is 10.2 Å². The SMILES string of the molecule is O=C(Nc1cc([N+](=O)[O-])ccc1F)[C@H]1CC(=O)N(c2ccccc2)C1. The van der Waals surface area contributed by atoms with Crippen LogP contribution < -0.4 is 10.2 Å². The van der Waals surface area contributed by atoms with E-state index in [4.69, 9.17) is 0 Å². The Hall–Kier alpha value is -3.29. The number of para-hydroxylation sites is 1. The molecule has 0 aromatic heterocycles. The summed E-state index contributed by atoms with van der Waals surface area (Å²) in [5, 5.41) is 13.1. The maximum Gasteiger partial charge on any atom is 0.271 e. The largest absolute Gasteiger partial charge is 0.323 e. The van der Waals surface area contributed by atoms with E-state index in [9.17, 15) is 24.1 Å². The van der Waals surface area contributed by atoms with Crippen molar-refractivity contribution in [3.63, 3.8) is 0 Å². The average Bonchev–Trinajstić information content (AvgIpc) is 2.99. The van der Waals surface area contributed by atoms with Gasteiger partial charge >= 0.3 is 0 Å². The summed E-state index contributed by atoms with van der Waals surface area (Å²) in [4.78, 5) is 36.1. The van der Waals surface area contributed by atoms with Crippen molar-refractivity contribution in [2.24, 2.45) is 5.92 Å². The van der Waals surface area contributed by atoms with Crippen LogP contribution in [0.1, 0.15) is 6.42 Å². The van der Waals surface area contributed by atoms with E-state index in [-0.39, 0.29) is 30.2 Å². The van der Waals surface area contributed by atoms with Crippen LogP contribution in [-0.4, -0.2) is 23.3 Å². The summed E-state index contributed by atoms with van der Waals surface area (Å²) in [6.45, 7) is 0.172. The Morgan fingerprint density at radius 3 is 2.64 bits per heavy atom. The second-order valence-electron chi connectivity index (χ2n) is 5.65. The van der Waals surface area contributed by atoms with Crippen molar-refractivity contribution in [2.75, 3.05) is 16.8 Å². The number of nitro benzene ring substituents is 1. The molecule has 1 fully saturated rings. The van der Waals surface area contributed by atoms with E-state index < -0.39 is 22.6 Å². The minimum atomic E-state index is -0.775. The van der Waals surface area contributed by atoms with Gasteiger partial charge in [-0.3, -0.25) is 19.7 Å². The number of non-ortho nitro benzene ring substituents is 1. The first-order valence-electron chi connectivity index (χ1n) is 7.56. The monoisotopic (exact) mass is 343 g/mol. The Labute approximate surface area is 142 Å². The van der Waals surface area contributed by atoms with E-state index in [0.29, 0.717) is 5.69 Å². The van der Waals surface area contributed by atoms with Gasteiger partial charge in [-0.15, -0.1) is 0 Å². The third kappa shape index (κ3) is 3.47. The Bertz CT molecular complexity index is 841. The number of nitrogens with one attached hydrogen (secondary N) is 1. The third-order valence-corrected chi connectivity index (χ3v) is 3.98. The van der Waals surface area contributed by atoms with Crippen molar-refractivity contribution in [1.29, 1.82) is 0 Å². The van der Waals surface area contributed by atoms with E-state index in [2.05, 4.69) is 5.32 Å². The Balaban J connectivity index is 1.74. The van der Waals surface area contributed by atoms with Crippen LogP contribution in [0.5, 0.6) is 0 Å². The van der Waals surface area contributed by atoms with Gasteiger partial charge in [0.1, 0.15) is 5.82 Å². The lowest BCUT2D eigenvalue weighted by atomic mass is 10.1. The molecule has 128 valence electrons. The molecule has 2 amide bonds. The molecule has 1 saturated heterocycles. The standard InChI is InChI=1S/C17H14FN3O4/c18-14-7-6-13(21(24)25)9-15(14)19-17(23)11-8-16(22)20(10-11)12-4-2-1-3-5-12/h1-7,9,11H,8,10H2,(H,19,23)/t11-/m0/s1. The number of hydrogen-bond acceptors (Lipinski definition) is 4. The first-order valence-corrected chi connectivity index (χ1v) is 7.56. The number of nitro groups is 1. The van der Waals surface area contributed by atoms with Crippen LogP contribution in [0.15, 0.2) is 48.5 Å². The van der Waals surface area contributed by atoms with Crippen LogP contribution in [0.3, 0.4) is 0 Å². The molecule has 2 aromatic rings. The number of halogens is 1. The third-order valence-electron chi connectivity index (χ3n) is 3.98. The summed E-state index contributed by atoms with van der Waals surface area (Å²) in [6.07, 6.45) is -0.00270. The summed E-state index contributed by atoms with van der Waals surface area (Å²) >= 11 is 0. The molecule has 0 spiro atoms. The van der Waals surface area contributed by atoms with Crippen LogP contribution in [0.4, 0.5) is 21.5 Å². The number of benzene rings is 2. The number of carbonyl (C=O) groups excluding carboxylic acids is 2. The van der Waals surface area contributed by atoms with E-state index in [1.54, 1.807) is 24.3 Å². The lowest BCUT2D eigenvalue weighted by molar-refractivity contribution is -0.384. The summed E-state index contributed by atoms with van der Waals surface area (Å²) in [6, 6.07) is 11.8. The highest BCUT2D eigenvalue weighted by atomic mass is 19.1. The van der Waals surface area contributed by atoms with Crippen molar-refractivity contribution in [2.45, 2.75) is 6.42 Å². The molecule has 2 aromatic carbocycles. The fraction of sp³-hybridized carbons (Fsp3) is 0.176. The van der Waals surface area contributed by atoms with Gasteiger partial charge in [-0.2, -0.15) is 0 Å². The van der Waals surface area contributed by atoms with Crippen LogP contribution in [0, 0.1) is 21.8 Å². The minimum absolute atomic E-state index is 0.00270. The summed E-state index contributed by atoms with van der Waals surface area (Å²) < 4.78 is 13.8. The predicted molar refractivity (Wildman–Crippen MR) is 88.6 cm³/mol. The number of amides is 2. The molecule has 1 N–H and O–H groups in total. The van der Waals surface area contributed by atoms with Crippen molar-refractivity contribution in [3.05, 3.63) is 64.5 Å². The normalized spacial score (nSPS) is 16.8. The smallest absolute Gasteiger partial charge is 0.271 e. The molecule has 0 unspecified atom stereocenters. The van der Waals surface area contributed by atoms with E-state index in [1.165, 1.54) is 4.90 Å². The zero-order valence-electron chi connectivity index (χ0n) is 13.0. The molecular weight excluding hydrogens is 329 g/mol. The number of nitrogens with zero attached hydrogens (tertiary/aromatic N) is 2. The van der Waals surface area contributed by atoms with Crippen molar-refractivity contribution in [1.82, 2.24) is 0 Å². The van der Waals surface area contributed by atoms with Crippen molar-refractivity contribution in [3.8, 4) is 0 Å². The quantitative estimate of drug-likeness (QED) is 0.682. The van der Waals surface area contributed by atoms with Crippen molar-refractivity contribution >= 4 is 28.9 Å². The Morgan fingerprint density at radius 2 is 1.96 bits per heavy atom. The zero-order chi connectivity index (χ0) is 18.0. The molecule has 0 bridgehead atoms. The van der Waals surface area contributed by atoms with Gasteiger partial charge in [0.25, 0.3) is 5.69 Å². The molecule has 1 heterocycles. The molecule has 25 heavy (non-hydrogen) atoms. The van der Waals surface area contributed by atoms with Gasteiger partial charge in [0, 0.05) is 30.8 Å². The zero-order valence-corrected chi connectivity index (χ0v) is 13.0. The minimum Gasteiger partial charge on any atom is -0.323 e. The highest BCUT2D eigenvalue weighted by molar-refractivity contribution is 6.03. The molecule has 0 aliphatic carbocycles. The van der Waals surface area contributed by atoms with Crippen LogP contribution in [-0.2, 0) is 9.59 Å². The summed E-state index contributed by atoms with van der Waals surface area (Å²) in [5.41, 5.74) is 0.0826. The number of anilines is 2. The van der Waals surface area contributed by atoms with Gasteiger partial charge in [0.15, 0.2) is 0 Å². The number of hydrogen-bond donors (Lipinski definition) is 1. The van der Waals surface area contributed by atoms with Crippen LogP contribution >= 0.6 is 0 Å². The summed E-state index contributed by atoms with van der Waals surface area (Å²) in [5.74, 6) is -2.19. The number of carbonyl (C=O) groups is 2. The van der Waals surface area contributed by atoms with Gasteiger partial charge in [0.05, 0.1) is 16.5 Å². The first kappa shape index (κ1) is 16.6. The lowest BCUT2D eigenvalue weighted by Crippen LogP contribution is -2.28. The van der Waals surface area contributed by atoms with E-state index in [1.807, 2.05) is 6.07 Å². The van der Waals surface area contributed by atoms with Gasteiger partial charge in [-0.05, 0) is 18.2 Å². The summed E-state index contributed by atoms with van der Waals surface area (Å²) in [7, 11) is 0. The molecule has 3 rings (SSSR count). The molecule has 0 saturated carbocycles. The molecule has 1 atom stereocenters. The fourth-order valence-electron chi connectivity index (χ4n) is 2.70. The highest BCUT2D eigenvalue weighted by Gasteiger charge is 2.35. The van der Waals surface area contributed by atoms with Gasteiger partial charge in [-0.1, -0.05) is 18.2 Å². The Morgan fingerprint density at radius 1 is 1.24 bits per heavy atom. The first-order chi connectivity index (χ1) is 12.0. The van der Waals surface area contributed by atoms with E-state index in [0.717, 1.165) is 18.2 Å². The topological polar surface area (TPSA) is 92.5 Å². The lowest BCUT2D eigenvalue weighted by Gasteiger charge is -2.16. The van der Waals surface area contributed by atoms with Crippen LogP contribution in [0.2, 0.25) is 0 Å². The molecular formula is C17H14FN3O4. The second-order valence-corrected chi connectivity index (χ2v) is 5.65. The van der Waals surface area contributed by atoms with Gasteiger partial charge in [-0.25, -0.2) is 4.39 Å². The fourth-order valence-corrected chi connectivity index (χ4v) is 2.70.